The first-order valence-corrected chi connectivity index (χ1v) is 5.06. The van der Waals surface area contributed by atoms with E-state index in [1.54, 1.807) is 0 Å². The van der Waals surface area contributed by atoms with Crippen molar-refractivity contribution in [3.63, 3.8) is 0 Å². The van der Waals surface area contributed by atoms with Crippen LogP contribution >= 0.6 is 15.9 Å². The Morgan fingerprint density at radius 2 is 2.43 bits per heavy atom. The Kier molecular flexibility index (Phi) is 4.27. The second-order valence-corrected chi connectivity index (χ2v) is 3.21. The van der Waals surface area contributed by atoms with Crippen molar-refractivity contribution < 1.29 is 9.18 Å². The fourth-order valence-corrected chi connectivity index (χ4v) is 1.07. The highest BCUT2D eigenvalue weighted by Crippen LogP contribution is 2.07. The lowest BCUT2D eigenvalue weighted by molar-refractivity contribution is 0.111. The van der Waals surface area contributed by atoms with Gasteiger partial charge in [0.15, 0.2) is 6.29 Å². The molecule has 0 fully saturated rings. The van der Waals surface area contributed by atoms with Crippen LogP contribution in [0, 0.1) is 17.8 Å². The van der Waals surface area contributed by atoms with Gasteiger partial charge in [0, 0.05) is 23.5 Å². The molecule has 14 heavy (non-hydrogen) atoms. The first kappa shape index (κ1) is 10.9. The lowest BCUT2D eigenvalue weighted by Gasteiger charge is -1.95. The van der Waals surface area contributed by atoms with Gasteiger partial charge in [-0.05, 0) is 6.07 Å². The number of pyridine rings is 1. The molecule has 4 heteroatoms. The van der Waals surface area contributed by atoms with Crippen LogP contribution in [-0.2, 0) is 0 Å². The molecule has 0 atom stereocenters. The van der Waals surface area contributed by atoms with Gasteiger partial charge in [-0.1, -0.05) is 27.8 Å². The maximum atomic E-state index is 12.9. The molecule has 2 nitrogen and oxygen atoms in total. The Balaban J connectivity index is 3.04. The van der Waals surface area contributed by atoms with Gasteiger partial charge in [0.1, 0.15) is 0 Å². The average molecular weight is 256 g/mol. The third-order valence-electron chi connectivity index (χ3n) is 1.50. The molecule has 1 aromatic rings. The maximum absolute atomic E-state index is 12.9. The number of carbonyl (C=O) groups is 1. The number of aldehydes is 1. The maximum Gasteiger partial charge on any atom is 0.224 e. The molecule has 1 heterocycles. The van der Waals surface area contributed by atoms with Gasteiger partial charge >= 0.3 is 0 Å². The summed E-state index contributed by atoms with van der Waals surface area (Å²) in [5.74, 6) is 4.75. The molecule has 0 bridgehead atoms. The van der Waals surface area contributed by atoms with Gasteiger partial charge in [0.05, 0.1) is 5.56 Å². The third kappa shape index (κ3) is 2.64. The Morgan fingerprint density at radius 3 is 3.07 bits per heavy atom. The normalized spacial score (nSPS) is 9.00. The minimum atomic E-state index is -0.773. The number of aromatic nitrogens is 1. The van der Waals surface area contributed by atoms with E-state index in [1.807, 2.05) is 0 Å². The van der Waals surface area contributed by atoms with E-state index >= 15 is 0 Å². The van der Waals surface area contributed by atoms with Crippen molar-refractivity contribution in [3.05, 3.63) is 29.3 Å². The fourth-order valence-electron chi connectivity index (χ4n) is 0.874. The molecule has 0 unspecified atom stereocenters. The molecule has 0 N–H and O–H groups in total. The zero-order chi connectivity index (χ0) is 10.4. The summed E-state index contributed by atoms with van der Waals surface area (Å²) in [5, 5.41) is 0.754. The summed E-state index contributed by atoms with van der Waals surface area (Å²) in [6.07, 6.45) is 2.38. The van der Waals surface area contributed by atoms with Crippen molar-refractivity contribution in [2.45, 2.75) is 6.42 Å². The minimum absolute atomic E-state index is 0.0745. The Hall–Kier alpha value is -1.21. The zero-order valence-corrected chi connectivity index (χ0v) is 8.84. The molecule has 0 aliphatic heterocycles. The standard InChI is InChI=1S/C10H7BrFNO/c11-5-2-1-3-8-4-6-13-10(12)9(8)7-14/h4,6-7H,2,5H2. The van der Waals surface area contributed by atoms with Crippen molar-refractivity contribution in [1.82, 2.24) is 4.98 Å². The smallest absolute Gasteiger partial charge is 0.224 e. The minimum Gasteiger partial charge on any atom is -0.298 e. The lowest BCUT2D eigenvalue weighted by atomic mass is 10.1. The molecule has 0 aliphatic carbocycles. The van der Waals surface area contributed by atoms with E-state index in [0.29, 0.717) is 18.3 Å². The molecule has 0 spiro atoms. The number of rotatable bonds is 2. The van der Waals surface area contributed by atoms with Crippen LogP contribution in [0.15, 0.2) is 12.3 Å². The quantitative estimate of drug-likeness (QED) is 0.351. The van der Waals surface area contributed by atoms with Crippen molar-refractivity contribution in [1.29, 1.82) is 0 Å². The number of hydrogen-bond acceptors (Lipinski definition) is 2. The largest absolute Gasteiger partial charge is 0.298 e. The number of hydrogen-bond donors (Lipinski definition) is 0. The molecule has 0 radical (unpaired) electrons. The van der Waals surface area contributed by atoms with Gasteiger partial charge in [0.2, 0.25) is 5.95 Å². The Labute approximate surface area is 89.7 Å². The van der Waals surface area contributed by atoms with E-state index in [2.05, 4.69) is 32.8 Å². The molecule has 0 amide bonds. The van der Waals surface area contributed by atoms with Crippen LogP contribution < -0.4 is 0 Å². The number of halogens is 2. The van der Waals surface area contributed by atoms with Crippen LogP contribution in [-0.4, -0.2) is 16.6 Å². The van der Waals surface area contributed by atoms with E-state index in [0.717, 1.165) is 5.33 Å². The second-order valence-electron chi connectivity index (χ2n) is 2.42. The SMILES string of the molecule is O=Cc1c(C#CCCBr)ccnc1F. The van der Waals surface area contributed by atoms with Crippen LogP contribution in [0.25, 0.3) is 0 Å². The number of carbonyl (C=O) groups excluding carboxylic acids is 1. The molecule has 0 saturated heterocycles. The summed E-state index contributed by atoms with van der Waals surface area (Å²) in [5.41, 5.74) is 0.308. The first-order chi connectivity index (χ1) is 6.79. The molecular weight excluding hydrogens is 249 g/mol. The van der Waals surface area contributed by atoms with Crippen molar-refractivity contribution in [2.24, 2.45) is 0 Å². The summed E-state index contributed by atoms with van der Waals surface area (Å²) in [6.45, 7) is 0. The number of nitrogens with zero attached hydrogens (tertiary/aromatic N) is 1. The fraction of sp³-hybridized carbons (Fsp3) is 0.200. The predicted molar refractivity (Wildman–Crippen MR) is 54.9 cm³/mol. The predicted octanol–water partition coefficient (Wildman–Crippen LogP) is 2.17. The van der Waals surface area contributed by atoms with Gasteiger partial charge in [-0.25, -0.2) is 4.98 Å². The summed E-state index contributed by atoms with van der Waals surface area (Å²) < 4.78 is 12.9. The molecule has 0 aliphatic rings. The Bertz CT molecular complexity index is 395. The zero-order valence-electron chi connectivity index (χ0n) is 7.26. The highest BCUT2D eigenvalue weighted by molar-refractivity contribution is 9.09. The molecular formula is C10H7BrFNO. The lowest BCUT2D eigenvalue weighted by Crippen LogP contribution is -1.95. The molecule has 1 aromatic heterocycles. The molecule has 0 aromatic carbocycles. The highest BCUT2D eigenvalue weighted by atomic mass is 79.9. The molecule has 1 rings (SSSR count). The summed E-state index contributed by atoms with van der Waals surface area (Å²) in [6, 6.07) is 1.52. The summed E-state index contributed by atoms with van der Waals surface area (Å²) in [7, 11) is 0. The van der Waals surface area contributed by atoms with E-state index < -0.39 is 5.95 Å². The summed E-state index contributed by atoms with van der Waals surface area (Å²) >= 11 is 3.21. The van der Waals surface area contributed by atoms with Crippen molar-refractivity contribution in [3.8, 4) is 11.8 Å². The van der Waals surface area contributed by atoms with Gasteiger partial charge in [0.25, 0.3) is 0 Å². The third-order valence-corrected chi connectivity index (χ3v) is 1.90. The second kappa shape index (κ2) is 5.51. The van der Waals surface area contributed by atoms with Crippen LogP contribution in [0.5, 0.6) is 0 Å². The van der Waals surface area contributed by atoms with Crippen molar-refractivity contribution >= 4 is 22.2 Å². The van der Waals surface area contributed by atoms with E-state index in [-0.39, 0.29) is 5.56 Å². The van der Waals surface area contributed by atoms with Gasteiger partial charge in [-0.2, -0.15) is 4.39 Å². The van der Waals surface area contributed by atoms with E-state index in [4.69, 9.17) is 0 Å². The monoisotopic (exact) mass is 255 g/mol. The van der Waals surface area contributed by atoms with Gasteiger partial charge in [-0.3, -0.25) is 4.79 Å². The van der Waals surface area contributed by atoms with Crippen LogP contribution in [0.1, 0.15) is 22.3 Å². The van der Waals surface area contributed by atoms with Crippen LogP contribution in [0.3, 0.4) is 0 Å². The average Bonchev–Trinajstić information content (AvgIpc) is 2.18. The number of alkyl halides is 1. The van der Waals surface area contributed by atoms with Crippen LogP contribution in [0.4, 0.5) is 4.39 Å². The van der Waals surface area contributed by atoms with Gasteiger partial charge in [-0.15, -0.1) is 0 Å². The van der Waals surface area contributed by atoms with E-state index in [1.165, 1.54) is 12.3 Å². The van der Waals surface area contributed by atoms with Crippen LogP contribution in [0.2, 0.25) is 0 Å². The first-order valence-electron chi connectivity index (χ1n) is 3.94. The molecule has 0 saturated carbocycles. The topological polar surface area (TPSA) is 30.0 Å². The van der Waals surface area contributed by atoms with E-state index in [9.17, 15) is 9.18 Å². The van der Waals surface area contributed by atoms with Gasteiger partial charge < -0.3 is 0 Å². The molecule has 72 valence electrons. The highest BCUT2D eigenvalue weighted by Gasteiger charge is 2.05. The summed E-state index contributed by atoms with van der Waals surface area (Å²) in [4.78, 5) is 13.9. The Morgan fingerprint density at radius 1 is 1.64 bits per heavy atom. The van der Waals surface area contributed by atoms with Crippen molar-refractivity contribution in [2.75, 3.05) is 5.33 Å².